The van der Waals surface area contributed by atoms with Gasteiger partial charge in [-0.3, -0.25) is 34.2 Å². The smallest absolute Gasteiger partial charge is 0.269 e. The van der Waals surface area contributed by atoms with Gasteiger partial charge in [0, 0.05) is 82.0 Å². The maximum Gasteiger partial charge on any atom is 0.269 e. The standard InChI is InChI=1S/C43H44F3N9O4/c1-24-28(29-7-9-36(56)50-42(29)58)6-8-35(38(24)45)53-15-10-25(11-16-53)27-19-33(44)40(47-22-27)31-20-30(39(46)41-32(31)21-34(49-41)43(59)52(2)3)26-5-4-14-54(23-26)37(57)12-17-55-18-13-48-51-55/h5-6,8,13,18-22,25,29,49H,4,7,9-12,14-17,23H2,1-3H3,(H,50,56,58). The highest BCUT2D eigenvalue weighted by Gasteiger charge is 2.32. The van der Waals surface area contributed by atoms with E-state index in [-0.39, 0.29) is 65.5 Å². The van der Waals surface area contributed by atoms with Gasteiger partial charge >= 0.3 is 0 Å². The average Bonchev–Trinajstić information content (AvgIpc) is 3.93. The van der Waals surface area contributed by atoms with E-state index >= 15 is 13.2 Å². The van der Waals surface area contributed by atoms with Crippen LogP contribution in [0.1, 0.15) is 83.1 Å². The zero-order valence-electron chi connectivity index (χ0n) is 33.0. The third-order valence-corrected chi connectivity index (χ3v) is 11.8. The Kier molecular flexibility index (Phi) is 10.8. The number of H-pyrrole nitrogens is 1. The van der Waals surface area contributed by atoms with Gasteiger partial charge in [0.1, 0.15) is 23.0 Å². The van der Waals surface area contributed by atoms with Gasteiger partial charge in [0.05, 0.1) is 29.9 Å². The Morgan fingerprint density at radius 3 is 2.49 bits per heavy atom. The molecule has 1 atom stereocenters. The van der Waals surface area contributed by atoms with Crippen LogP contribution in [0.2, 0.25) is 0 Å². The first-order valence-corrected chi connectivity index (χ1v) is 19.8. The summed E-state index contributed by atoms with van der Waals surface area (Å²) in [6, 6.07) is 7.97. The number of imide groups is 1. The van der Waals surface area contributed by atoms with Crippen LogP contribution in [0, 0.1) is 24.4 Å². The number of aromatic amines is 1. The van der Waals surface area contributed by atoms with Crippen molar-refractivity contribution in [1.29, 1.82) is 0 Å². The molecular formula is C43H44F3N9O4. The minimum atomic E-state index is -0.620. The first-order valence-electron chi connectivity index (χ1n) is 19.8. The summed E-state index contributed by atoms with van der Waals surface area (Å²) in [5.74, 6) is -3.53. The maximum atomic E-state index is 16.5. The highest BCUT2D eigenvalue weighted by Crippen LogP contribution is 2.40. The number of aromatic nitrogens is 5. The summed E-state index contributed by atoms with van der Waals surface area (Å²) in [7, 11) is 3.17. The first-order chi connectivity index (χ1) is 28.4. The van der Waals surface area contributed by atoms with Crippen LogP contribution >= 0.6 is 0 Å². The predicted octanol–water partition coefficient (Wildman–Crippen LogP) is 5.86. The summed E-state index contributed by atoms with van der Waals surface area (Å²) in [4.78, 5) is 62.9. The second-order valence-corrected chi connectivity index (χ2v) is 15.7. The summed E-state index contributed by atoms with van der Waals surface area (Å²) >= 11 is 0. The molecule has 0 radical (unpaired) electrons. The monoisotopic (exact) mass is 807 g/mol. The van der Waals surface area contributed by atoms with Gasteiger partial charge in [-0.1, -0.05) is 17.4 Å². The lowest BCUT2D eigenvalue weighted by molar-refractivity contribution is -0.134. The van der Waals surface area contributed by atoms with Crippen LogP contribution in [0.3, 0.4) is 0 Å². The van der Waals surface area contributed by atoms with Crippen molar-refractivity contribution >= 4 is 45.8 Å². The van der Waals surface area contributed by atoms with E-state index in [1.165, 1.54) is 23.2 Å². The molecule has 2 aromatic carbocycles. The molecule has 306 valence electrons. The zero-order valence-corrected chi connectivity index (χ0v) is 33.0. The quantitative estimate of drug-likeness (QED) is 0.176. The number of rotatable bonds is 9. The Labute approximate surface area is 338 Å². The molecule has 1 unspecified atom stereocenters. The molecule has 0 aliphatic carbocycles. The number of hydrogen-bond acceptors (Lipinski definition) is 8. The van der Waals surface area contributed by atoms with Gasteiger partial charge in [0.25, 0.3) is 5.91 Å². The van der Waals surface area contributed by atoms with Gasteiger partial charge in [-0.15, -0.1) is 5.10 Å². The minimum Gasteiger partial charge on any atom is -0.369 e. The molecule has 3 aliphatic rings. The summed E-state index contributed by atoms with van der Waals surface area (Å²) in [5, 5.41) is 10.3. The number of piperidine rings is 2. The average molecular weight is 808 g/mol. The molecule has 8 rings (SSSR count). The second-order valence-electron chi connectivity index (χ2n) is 15.7. The fraction of sp³-hybridized carbons (Fsp3) is 0.372. The van der Waals surface area contributed by atoms with Crippen LogP contribution in [-0.2, 0) is 20.9 Å². The normalized spacial score (nSPS) is 17.7. The van der Waals surface area contributed by atoms with Crippen LogP contribution in [0.25, 0.3) is 27.7 Å². The zero-order chi connectivity index (χ0) is 41.5. The Morgan fingerprint density at radius 2 is 1.78 bits per heavy atom. The van der Waals surface area contributed by atoms with Crippen LogP contribution in [-0.4, -0.2) is 98.7 Å². The predicted molar refractivity (Wildman–Crippen MR) is 214 cm³/mol. The Balaban J connectivity index is 1.04. The lowest BCUT2D eigenvalue weighted by atomic mass is 9.86. The fourth-order valence-electron chi connectivity index (χ4n) is 8.54. The number of carbonyl (C=O) groups excluding carboxylic acids is 4. The molecular weight excluding hydrogens is 764 g/mol. The molecule has 2 fully saturated rings. The van der Waals surface area contributed by atoms with E-state index in [1.807, 2.05) is 11.0 Å². The van der Waals surface area contributed by atoms with Crippen molar-refractivity contribution in [1.82, 2.24) is 40.1 Å². The van der Waals surface area contributed by atoms with Crippen molar-refractivity contribution in [3.63, 3.8) is 0 Å². The molecule has 2 N–H and O–H groups in total. The molecule has 0 saturated carbocycles. The van der Waals surface area contributed by atoms with Crippen LogP contribution in [0.15, 0.2) is 55.0 Å². The minimum absolute atomic E-state index is 0.00823. The summed E-state index contributed by atoms with van der Waals surface area (Å²) in [6.07, 6.45) is 9.15. The van der Waals surface area contributed by atoms with Crippen molar-refractivity contribution in [2.45, 2.75) is 63.8 Å². The third kappa shape index (κ3) is 7.70. The lowest BCUT2D eigenvalue weighted by Gasteiger charge is -2.34. The molecule has 5 aromatic rings. The van der Waals surface area contributed by atoms with Crippen molar-refractivity contribution in [2.24, 2.45) is 0 Å². The molecule has 16 heteroatoms. The van der Waals surface area contributed by atoms with Crippen LogP contribution in [0.4, 0.5) is 18.9 Å². The number of pyridine rings is 1. The molecule has 0 bridgehead atoms. The van der Waals surface area contributed by atoms with Crippen LogP contribution < -0.4 is 10.2 Å². The SMILES string of the molecule is Cc1c(C2CCC(=O)NC2=O)ccc(N2CCC(c3cnc(-c4cc(C5=CCCN(C(=O)CCn6ccnn6)C5)c(F)c5[nH]c(C(=O)N(C)C)cc45)c(F)c3)CC2)c1F. The molecule has 3 aliphatic heterocycles. The number of carbonyl (C=O) groups is 4. The number of halogens is 3. The summed E-state index contributed by atoms with van der Waals surface area (Å²) in [6.45, 7) is 3.62. The van der Waals surface area contributed by atoms with Crippen LogP contribution in [0.5, 0.6) is 0 Å². The van der Waals surface area contributed by atoms with Crippen molar-refractivity contribution in [3.8, 4) is 11.3 Å². The Hall–Kier alpha value is -6.32. The number of hydrogen-bond donors (Lipinski definition) is 2. The van der Waals surface area contributed by atoms with Gasteiger partial charge in [0.2, 0.25) is 17.7 Å². The maximum absolute atomic E-state index is 16.5. The molecule has 59 heavy (non-hydrogen) atoms. The van der Waals surface area contributed by atoms with Gasteiger partial charge < -0.3 is 19.7 Å². The Morgan fingerprint density at radius 1 is 0.983 bits per heavy atom. The van der Waals surface area contributed by atoms with E-state index in [0.717, 1.165) is 0 Å². The molecule has 6 heterocycles. The van der Waals surface area contributed by atoms with Gasteiger partial charge in [0.15, 0.2) is 5.82 Å². The van der Waals surface area contributed by atoms with E-state index in [4.69, 9.17) is 0 Å². The first kappa shape index (κ1) is 39.5. The highest BCUT2D eigenvalue weighted by molar-refractivity contribution is 6.04. The number of fused-ring (bicyclic) bond motifs is 1. The summed E-state index contributed by atoms with van der Waals surface area (Å²) in [5.41, 5.74) is 3.25. The molecule has 0 spiro atoms. The van der Waals surface area contributed by atoms with E-state index in [0.29, 0.717) is 90.8 Å². The number of nitrogens with zero attached hydrogens (tertiary/aromatic N) is 7. The number of amides is 4. The number of aryl methyl sites for hydroxylation is 1. The van der Waals surface area contributed by atoms with Gasteiger partial charge in [-0.25, -0.2) is 13.2 Å². The molecule has 4 amide bonds. The fourth-order valence-corrected chi connectivity index (χ4v) is 8.54. The third-order valence-electron chi connectivity index (χ3n) is 11.8. The number of anilines is 1. The van der Waals surface area contributed by atoms with Crippen molar-refractivity contribution in [2.75, 3.05) is 45.2 Å². The number of nitrogens with one attached hydrogen (secondary N) is 2. The summed E-state index contributed by atoms with van der Waals surface area (Å²) < 4.78 is 50.3. The number of benzene rings is 2. The lowest BCUT2D eigenvalue weighted by Crippen LogP contribution is -2.39. The second kappa shape index (κ2) is 16.1. The molecule has 13 nitrogen and oxygen atoms in total. The van der Waals surface area contributed by atoms with E-state index in [2.05, 4.69) is 25.6 Å². The van der Waals surface area contributed by atoms with Gasteiger partial charge in [-0.2, -0.15) is 0 Å². The van der Waals surface area contributed by atoms with Gasteiger partial charge in [-0.05, 0) is 85.1 Å². The van der Waals surface area contributed by atoms with Crippen molar-refractivity contribution in [3.05, 3.63) is 100 Å². The van der Waals surface area contributed by atoms with Crippen molar-refractivity contribution < 1.29 is 32.3 Å². The highest BCUT2D eigenvalue weighted by atomic mass is 19.1. The molecule has 2 saturated heterocycles. The topological polar surface area (TPSA) is 149 Å². The largest absolute Gasteiger partial charge is 0.369 e. The van der Waals surface area contributed by atoms with E-state index < -0.39 is 29.3 Å². The van der Waals surface area contributed by atoms with E-state index in [1.54, 1.807) is 61.2 Å². The molecule has 3 aromatic heterocycles. The van der Waals surface area contributed by atoms with E-state index in [9.17, 15) is 19.2 Å². The Bertz CT molecular complexity index is 2510.